The first-order valence-corrected chi connectivity index (χ1v) is 12.4. The van der Waals surface area contributed by atoms with E-state index in [1.165, 1.54) is 0 Å². The van der Waals surface area contributed by atoms with Crippen molar-refractivity contribution in [2.75, 3.05) is 0 Å². The Kier molecular flexibility index (Phi) is 5.94. The number of carbonyl (C=O) groups excluding carboxylic acids is 1. The highest BCUT2D eigenvalue weighted by Gasteiger charge is 2.34. The molecule has 2 heterocycles. The maximum atomic E-state index is 15.6. The van der Waals surface area contributed by atoms with Crippen molar-refractivity contribution in [1.29, 1.82) is 0 Å². The van der Waals surface area contributed by atoms with E-state index < -0.39 is 5.82 Å². The average molecular weight is 524 g/mol. The molecule has 8 heteroatoms. The van der Waals surface area contributed by atoms with Crippen LogP contribution in [-0.4, -0.2) is 11.4 Å². The Balaban J connectivity index is 1.31. The summed E-state index contributed by atoms with van der Waals surface area (Å²) in [6.07, 6.45) is 3.77. The van der Waals surface area contributed by atoms with E-state index in [0.717, 1.165) is 30.5 Å². The van der Waals surface area contributed by atoms with E-state index in [1.54, 1.807) is 42.5 Å². The van der Waals surface area contributed by atoms with Crippen LogP contribution in [0.15, 0.2) is 53.1 Å². The number of rotatable bonds is 6. The predicted molar refractivity (Wildman–Crippen MR) is 134 cm³/mol. The second-order valence-electron chi connectivity index (χ2n) is 8.98. The van der Waals surface area contributed by atoms with E-state index in [-0.39, 0.29) is 18.3 Å². The number of hydrogen-bond acceptors (Lipinski definition) is 5. The molecule has 6 rings (SSSR count). The maximum absolute atomic E-state index is 15.6. The lowest BCUT2D eigenvalue weighted by molar-refractivity contribution is 0.112. The highest BCUT2D eigenvalue weighted by molar-refractivity contribution is 6.39. The van der Waals surface area contributed by atoms with Gasteiger partial charge in [-0.3, -0.25) is 4.79 Å². The molecule has 3 aromatic carbocycles. The van der Waals surface area contributed by atoms with Crippen molar-refractivity contribution in [3.05, 3.63) is 92.4 Å². The summed E-state index contributed by atoms with van der Waals surface area (Å²) in [6, 6.07) is 13.7. The summed E-state index contributed by atoms with van der Waals surface area (Å²) in [5, 5.41) is 5.16. The minimum atomic E-state index is -0.474. The molecule has 5 nitrogen and oxygen atoms in total. The number of ether oxygens (including phenoxy) is 2. The van der Waals surface area contributed by atoms with Crippen LogP contribution in [0.3, 0.4) is 0 Å². The first kappa shape index (κ1) is 23.1. The van der Waals surface area contributed by atoms with Gasteiger partial charge in [0.1, 0.15) is 35.8 Å². The number of aromatic nitrogens is 1. The van der Waals surface area contributed by atoms with Gasteiger partial charge in [-0.05, 0) is 61.6 Å². The quantitative estimate of drug-likeness (QED) is 0.240. The Labute approximate surface area is 216 Å². The number of aldehydes is 1. The molecule has 0 bridgehead atoms. The largest absolute Gasteiger partial charge is 0.486 e. The summed E-state index contributed by atoms with van der Waals surface area (Å²) in [7, 11) is 0. The van der Waals surface area contributed by atoms with E-state index in [1.807, 2.05) is 6.07 Å². The van der Waals surface area contributed by atoms with Gasteiger partial charge in [-0.2, -0.15) is 0 Å². The second kappa shape index (κ2) is 9.26. The van der Waals surface area contributed by atoms with Crippen molar-refractivity contribution in [3.63, 3.8) is 0 Å². The molecule has 0 atom stereocenters. The Hall–Kier alpha value is -3.35. The van der Waals surface area contributed by atoms with Crippen LogP contribution in [0.5, 0.6) is 17.2 Å². The average Bonchev–Trinajstić information content (AvgIpc) is 3.66. The first-order chi connectivity index (χ1) is 17.5. The summed E-state index contributed by atoms with van der Waals surface area (Å²) in [4.78, 5) is 11.2. The van der Waals surface area contributed by atoms with Crippen LogP contribution in [0.2, 0.25) is 10.0 Å². The van der Waals surface area contributed by atoms with Crippen LogP contribution in [0, 0.1) is 5.82 Å². The van der Waals surface area contributed by atoms with Gasteiger partial charge in [0, 0.05) is 22.6 Å². The van der Waals surface area contributed by atoms with E-state index in [4.69, 9.17) is 37.2 Å². The fourth-order valence-corrected chi connectivity index (χ4v) is 5.12. The zero-order valence-corrected chi connectivity index (χ0v) is 20.5. The summed E-state index contributed by atoms with van der Waals surface area (Å²) in [5.41, 5.74) is 3.64. The normalized spacial score (nSPS) is 14.4. The Morgan fingerprint density at radius 3 is 2.61 bits per heavy atom. The third-order valence-electron chi connectivity index (χ3n) is 6.59. The van der Waals surface area contributed by atoms with Crippen LogP contribution < -0.4 is 9.47 Å². The van der Waals surface area contributed by atoms with E-state index >= 15 is 4.39 Å². The summed E-state index contributed by atoms with van der Waals surface area (Å²) >= 11 is 12.9. The molecule has 0 radical (unpaired) electrons. The molecule has 1 fully saturated rings. The van der Waals surface area contributed by atoms with Crippen LogP contribution in [0.25, 0.3) is 11.3 Å². The smallest absolute Gasteiger partial charge is 0.171 e. The molecule has 36 heavy (non-hydrogen) atoms. The van der Waals surface area contributed by atoms with Gasteiger partial charge in [0.2, 0.25) is 0 Å². The van der Waals surface area contributed by atoms with Crippen molar-refractivity contribution in [1.82, 2.24) is 5.16 Å². The third kappa shape index (κ3) is 4.14. The number of fused-ring (bicyclic) bond motifs is 2. The van der Waals surface area contributed by atoms with Gasteiger partial charge in [-0.25, -0.2) is 4.39 Å². The van der Waals surface area contributed by atoms with E-state index in [2.05, 4.69) is 5.16 Å². The van der Waals surface area contributed by atoms with Gasteiger partial charge < -0.3 is 14.0 Å². The topological polar surface area (TPSA) is 61.6 Å². The zero-order chi connectivity index (χ0) is 24.8. The van der Waals surface area contributed by atoms with Crippen molar-refractivity contribution in [2.45, 2.75) is 38.2 Å². The zero-order valence-electron chi connectivity index (χ0n) is 19.0. The molecular weight excluding hydrogens is 504 g/mol. The standard InChI is InChI=1S/C28H20Cl2FNO4/c29-20-2-1-3-21(30)25(20)27-19(28(36-32-27)17-6-7-17)14-34-23-11-10-22-18(26(23)31)9-8-16-5-4-15(13-33)12-24(16)35-22/h1-5,10-13,17H,6-9,14H2. The summed E-state index contributed by atoms with van der Waals surface area (Å²) < 4.78 is 33.3. The Morgan fingerprint density at radius 2 is 1.86 bits per heavy atom. The molecule has 0 spiro atoms. The number of halogens is 3. The molecule has 1 saturated carbocycles. The van der Waals surface area contributed by atoms with E-state index in [9.17, 15) is 4.79 Å². The monoisotopic (exact) mass is 523 g/mol. The molecule has 0 N–H and O–H groups in total. The molecule has 1 aliphatic heterocycles. The molecule has 0 saturated heterocycles. The van der Waals surface area contributed by atoms with Crippen molar-refractivity contribution < 1.29 is 23.2 Å². The second-order valence-corrected chi connectivity index (χ2v) is 9.79. The van der Waals surface area contributed by atoms with Crippen LogP contribution in [0.4, 0.5) is 4.39 Å². The first-order valence-electron chi connectivity index (χ1n) is 11.7. The minimum absolute atomic E-state index is 0.0473. The number of benzene rings is 3. The highest BCUT2D eigenvalue weighted by Crippen LogP contribution is 2.46. The molecule has 0 unspecified atom stereocenters. The number of aryl methyl sites for hydroxylation is 1. The highest BCUT2D eigenvalue weighted by atomic mass is 35.5. The van der Waals surface area contributed by atoms with Crippen LogP contribution >= 0.6 is 23.2 Å². The SMILES string of the molecule is O=Cc1ccc2c(c1)Oc1ccc(OCc3c(-c4c(Cl)cccc4Cl)noc3C3CC3)c(F)c1CC2. The number of carbonyl (C=O) groups is 1. The lowest BCUT2D eigenvalue weighted by Gasteiger charge is -2.14. The molecule has 4 aromatic rings. The predicted octanol–water partition coefficient (Wildman–Crippen LogP) is 7.95. The lowest BCUT2D eigenvalue weighted by Crippen LogP contribution is -2.03. The van der Waals surface area contributed by atoms with Gasteiger partial charge in [0.15, 0.2) is 11.6 Å². The van der Waals surface area contributed by atoms with Crippen LogP contribution in [-0.2, 0) is 19.4 Å². The molecule has 182 valence electrons. The maximum Gasteiger partial charge on any atom is 0.171 e. The van der Waals surface area contributed by atoms with Gasteiger partial charge >= 0.3 is 0 Å². The lowest BCUT2D eigenvalue weighted by atomic mass is 10.0. The molecular formula is C28H20Cl2FNO4. The van der Waals surface area contributed by atoms with Gasteiger partial charge in [0.25, 0.3) is 0 Å². The Morgan fingerprint density at radius 1 is 1.06 bits per heavy atom. The fraction of sp³-hybridized carbons (Fsp3) is 0.214. The van der Waals surface area contributed by atoms with Crippen LogP contribution in [0.1, 0.15) is 51.6 Å². The minimum Gasteiger partial charge on any atom is -0.486 e. The molecule has 1 aliphatic carbocycles. The summed E-state index contributed by atoms with van der Waals surface area (Å²) in [5.74, 6) is 1.58. The molecule has 2 aliphatic rings. The van der Waals surface area contributed by atoms with Crippen molar-refractivity contribution >= 4 is 29.5 Å². The molecule has 0 amide bonds. The van der Waals surface area contributed by atoms with E-state index in [0.29, 0.717) is 62.3 Å². The number of hydrogen-bond donors (Lipinski definition) is 0. The number of nitrogens with zero attached hydrogens (tertiary/aromatic N) is 1. The Bertz CT molecular complexity index is 1480. The van der Waals surface area contributed by atoms with Gasteiger partial charge in [-0.1, -0.05) is 46.6 Å². The van der Waals surface area contributed by atoms with Gasteiger partial charge in [0.05, 0.1) is 15.6 Å². The van der Waals surface area contributed by atoms with Crippen molar-refractivity contribution in [3.8, 4) is 28.5 Å². The van der Waals surface area contributed by atoms with Gasteiger partial charge in [-0.15, -0.1) is 0 Å². The fourth-order valence-electron chi connectivity index (χ4n) is 4.54. The summed E-state index contributed by atoms with van der Waals surface area (Å²) in [6.45, 7) is 0.0473. The van der Waals surface area contributed by atoms with Crippen molar-refractivity contribution in [2.24, 2.45) is 0 Å². The molecule has 1 aromatic heterocycles. The third-order valence-corrected chi connectivity index (χ3v) is 7.22.